The van der Waals surface area contributed by atoms with E-state index in [9.17, 15) is 4.39 Å². The third kappa shape index (κ3) is 1.55. The van der Waals surface area contributed by atoms with Gasteiger partial charge in [0.2, 0.25) is 0 Å². The fraction of sp³-hybridized carbons (Fsp3) is 0. The maximum Gasteiger partial charge on any atom is 0.138 e. The van der Waals surface area contributed by atoms with Gasteiger partial charge >= 0.3 is 0 Å². The van der Waals surface area contributed by atoms with E-state index in [2.05, 4.69) is 0 Å². The fourth-order valence-corrected chi connectivity index (χ4v) is 1.21. The van der Waals surface area contributed by atoms with E-state index in [-0.39, 0.29) is 10.6 Å². The maximum atomic E-state index is 12.6. The molecule has 0 atom stereocenters. The highest BCUT2D eigenvalue weighted by Gasteiger charge is 2.01. The molecule has 1 aromatic carbocycles. The van der Waals surface area contributed by atoms with Crippen LogP contribution in [0.15, 0.2) is 23.1 Å². The normalized spacial score (nSPS) is 9.80. The topological polar surface area (TPSA) is 20.2 Å². The Morgan fingerprint density at radius 1 is 1.50 bits per heavy atom. The zero-order valence-electron chi connectivity index (χ0n) is 4.84. The van der Waals surface area contributed by atoms with E-state index in [1.54, 1.807) is 0 Å². The van der Waals surface area contributed by atoms with Gasteiger partial charge < -0.3 is 5.11 Å². The van der Waals surface area contributed by atoms with E-state index < -0.39 is 5.82 Å². The Kier molecular flexibility index (Phi) is 2.40. The molecule has 1 N–H and O–H groups in total. The minimum atomic E-state index is -0.419. The van der Waals surface area contributed by atoms with Crippen molar-refractivity contribution >= 4 is 21.7 Å². The first-order valence-corrected chi connectivity index (χ1v) is 4.15. The van der Waals surface area contributed by atoms with Crippen LogP contribution in [-0.2, 0) is 0 Å². The Morgan fingerprint density at radius 3 is 2.70 bits per heavy atom. The molecule has 1 nitrogen and oxygen atoms in total. The van der Waals surface area contributed by atoms with Crippen molar-refractivity contribution in [1.29, 1.82) is 0 Å². The quantitative estimate of drug-likeness (QED) is 0.714. The lowest BCUT2D eigenvalue weighted by Gasteiger charge is -1.96. The van der Waals surface area contributed by atoms with Crippen molar-refractivity contribution < 1.29 is 9.50 Å². The van der Waals surface area contributed by atoms with Crippen LogP contribution in [0.25, 0.3) is 0 Å². The summed E-state index contributed by atoms with van der Waals surface area (Å²) in [6, 6.07) is 3.71. The van der Waals surface area contributed by atoms with Gasteiger partial charge in [0.05, 0.1) is 4.90 Å². The molecule has 0 fully saturated rings. The van der Waals surface area contributed by atoms with Crippen LogP contribution >= 0.6 is 21.7 Å². The first-order valence-electron chi connectivity index (χ1n) is 2.51. The standard InChI is InChI=1S/C6H4ClFOS/c7-10-6-3-4(9)1-2-5(6)8/h1-3,9H. The summed E-state index contributed by atoms with van der Waals surface area (Å²) >= 11 is 0. The van der Waals surface area contributed by atoms with Gasteiger partial charge in [-0.1, -0.05) is 0 Å². The summed E-state index contributed by atoms with van der Waals surface area (Å²) in [5, 5.41) is 8.83. The Balaban J connectivity index is 3.09. The largest absolute Gasteiger partial charge is 0.508 e. The fourth-order valence-electron chi connectivity index (χ4n) is 0.551. The van der Waals surface area contributed by atoms with Crippen molar-refractivity contribution in [2.75, 3.05) is 0 Å². The van der Waals surface area contributed by atoms with Crippen LogP contribution in [0.5, 0.6) is 5.75 Å². The molecule has 0 spiro atoms. The first-order chi connectivity index (χ1) is 4.74. The van der Waals surface area contributed by atoms with Crippen LogP contribution < -0.4 is 0 Å². The molecule has 0 aliphatic carbocycles. The van der Waals surface area contributed by atoms with Gasteiger partial charge in [0.25, 0.3) is 0 Å². The summed E-state index contributed by atoms with van der Waals surface area (Å²) in [4.78, 5) is 0.238. The Labute approximate surface area is 66.3 Å². The van der Waals surface area contributed by atoms with Crippen LogP contribution in [-0.4, -0.2) is 5.11 Å². The van der Waals surface area contributed by atoms with Gasteiger partial charge in [0, 0.05) is 0 Å². The van der Waals surface area contributed by atoms with Gasteiger partial charge in [-0.15, -0.1) is 0 Å². The second-order valence-electron chi connectivity index (χ2n) is 1.69. The highest BCUT2D eigenvalue weighted by atomic mass is 35.7. The molecule has 1 aromatic rings. The van der Waals surface area contributed by atoms with Crippen LogP contribution in [0.2, 0.25) is 0 Å². The number of hydrogen-bond donors (Lipinski definition) is 1. The summed E-state index contributed by atoms with van der Waals surface area (Å²) in [5.74, 6) is -0.401. The number of halogens is 2. The average Bonchev–Trinajstić information content (AvgIpc) is 1.94. The molecule has 0 heterocycles. The van der Waals surface area contributed by atoms with E-state index in [4.69, 9.17) is 15.8 Å². The summed E-state index contributed by atoms with van der Waals surface area (Å²) in [6.07, 6.45) is 0. The number of benzene rings is 1. The van der Waals surface area contributed by atoms with Crippen molar-refractivity contribution in [1.82, 2.24) is 0 Å². The van der Waals surface area contributed by atoms with E-state index in [0.717, 1.165) is 11.0 Å². The van der Waals surface area contributed by atoms with Crippen LogP contribution in [0.3, 0.4) is 0 Å². The SMILES string of the molecule is Oc1ccc(F)c(SCl)c1. The number of phenols is 1. The molecule has 0 aromatic heterocycles. The van der Waals surface area contributed by atoms with E-state index >= 15 is 0 Å². The lowest BCUT2D eigenvalue weighted by Crippen LogP contribution is -1.76. The monoisotopic (exact) mass is 178 g/mol. The average molecular weight is 179 g/mol. The van der Waals surface area contributed by atoms with E-state index in [1.807, 2.05) is 0 Å². The van der Waals surface area contributed by atoms with Crippen molar-refractivity contribution in [2.24, 2.45) is 0 Å². The lowest BCUT2D eigenvalue weighted by atomic mass is 10.3. The Bertz CT molecular complexity index is 241. The van der Waals surface area contributed by atoms with Crippen molar-refractivity contribution in [3.05, 3.63) is 24.0 Å². The first kappa shape index (κ1) is 7.69. The number of aromatic hydroxyl groups is 1. The molecule has 0 saturated heterocycles. The Hall–Kier alpha value is -0.410. The zero-order chi connectivity index (χ0) is 7.56. The molecule has 0 bridgehead atoms. The Morgan fingerprint density at radius 2 is 2.20 bits per heavy atom. The molecule has 0 amide bonds. The van der Waals surface area contributed by atoms with E-state index in [0.29, 0.717) is 0 Å². The lowest BCUT2D eigenvalue weighted by molar-refractivity contribution is 0.470. The number of rotatable bonds is 1. The van der Waals surface area contributed by atoms with Crippen molar-refractivity contribution in [2.45, 2.75) is 4.90 Å². The van der Waals surface area contributed by atoms with Gasteiger partial charge in [0.1, 0.15) is 11.6 Å². The predicted octanol–water partition coefficient (Wildman–Crippen LogP) is 2.78. The maximum absolute atomic E-state index is 12.6. The second kappa shape index (κ2) is 3.12. The molecule has 4 heteroatoms. The molecule has 0 saturated carbocycles. The van der Waals surface area contributed by atoms with Gasteiger partial charge in [-0.05, 0) is 39.9 Å². The molecule has 1 rings (SSSR count). The van der Waals surface area contributed by atoms with Crippen LogP contribution in [0, 0.1) is 5.82 Å². The van der Waals surface area contributed by atoms with Gasteiger partial charge in [-0.25, -0.2) is 4.39 Å². The molecular weight excluding hydrogens is 175 g/mol. The smallest absolute Gasteiger partial charge is 0.138 e. The minimum absolute atomic E-state index is 0.0181. The summed E-state index contributed by atoms with van der Waals surface area (Å²) in [5.41, 5.74) is 0. The summed E-state index contributed by atoms with van der Waals surface area (Å²) in [7, 11) is 6.02. The minimum Gasteiger partial charge on any atom is -0.508 e. The third-order valence-corrected chi connectivity index (χ3v) is 1.98. The molecule has 10 heavy (non-hydrogen) atoms. The molecule has 0 radical (unpaired) electrons. The second-order valence-corrected chi connectivity index (χ2v) is 2.75. The van der Waals surface area contributed by atoms with Gasteiger partial charge in [-0.2, -0.15) is 0 Å². The number of phenolic OH excluding ortho intramolecular Hbond substituents is 1. The predicted molar refractivity (Wildman–Crippen MR) is 39.8 cm³/mol. The van der Waals surface area contributed by atoms with Crippen LogP contribution in [0.4, 0.5) is 4.39 Å². The van der Waals surface area contributed by atoms with Gasteiger partial charge in [-0.3, -0.25) is 0 Å². The molecule has 0 unspecified atom stereocenters. The highest BCUT2D eigenvalue weighted by molar-refractivity contribution is 8.21. The van der Waals surface area contributed by atoms with Gasteiger partial charge in [0.15, 0.2) is 0 Å². The zero-order valence-corrected chi connectivity index (χ0v) is 6.42. The molecule has 0 aliphatic heterocycles. The molecule has 54 valence electrons. The van der Waals surface area contributed by atoms with Crippen molar-refractivity contribution in [3.8, 4) is 5.75 Å². The van der Waals surface area contributed by atoms with Crippen LogP contribution in [0.1, 0.15) is 0 Å². The highest BCUT2D eigenvalue weighted by Crippen LogP contribution is 2.27. The molecular formula is C6H4ClFOS. The van der Waals surface area contributed by atoms with E-state index in [1.165, 1.54) is 18.2 Å². The van der Waals surface area contributed by atoms with Crippen molar-refractivity contribution in [3.63, 3.8) is 0 Å². The molecule has 0 aliphatic rings. The summed E-state index contributed by atoms with van der Waals surface area (Å²) in [6.45, 7) is 0. The number of hydrogen-bond acceptors (Lipinski definition) is 2. The third-order valence-electron chi connectivity index (χ3n) is 0.998. The summed E-state index contributed by atoms with van der Waals surface area (Å²) < 4.78 is 12.6.